The van der Waals surface area contributed by atoms with Gasteiger partial charge in [0.2, 0.25) is 0 Å². The van der Waals surface area contributed by atoms with Gasteiger partial charge in [0.05, 0.1) is 0 Å². The van der Waals surface area contributed by atoms with Crippen LogP contribution in [0.4, 0.5) is 13.2 Å². The van der Waals surface area contributed by atoms with Crippen molar-refractivity contribution in [1.82, 2.24) is 4.90 Å². The van der Waals surface area contributed by atoms with E-state index in [2.05, 4.69) is 0 Å². The third kappa shape index (κ3) is 1.85. The summed E-state index contributed by atoms with van der Waals surface area (Å²) in [5, 5.41) is 0. The summed E-state index contributed by atoms with van der Waals surface area (Å²) in [5.41, 5.74) is 0. The van der Waals surface area contributed by atoms with Gasteiger partial charge < -0.3 is 4.90 Å². The smallest absolute Gasteiger partial charge is 0.335 e. The van der Waals surface area contributed by atoms with Crippen LogP contribution < -0.4 is 0 Å². The number of nitrogens with zero attached hydrogens (tertiary/aromatic N) is 1. The van der Waals surface area contributed by atoms with Crippen LogP contribution in [-0.2, 0) is 4.79 Å². The highest BCUT2D eigenvalue weighted by molar-refractivity contribution is 5.82. The van der Waals surface area contributed by atoms with E-state index < -0.39 is 12.1 Å². The summed E-state index contributed by atoms with van der Waals surface area (Å²) in [4.78, 5) is 11.2. The third-order valence-electron chi connectivity index (χ3n) is 1.48. The quantitative estimate of drug-likeness (QED) is 0.525. The van der Waals surface area contributed by atoms with Gasteiger partial charge in [-0.2, -0.15) is 13.2 Å². The summed E-state index contributed by atoms with van der Waals surface area (Å²) in [6.07, 6.45) is -2.50. The van der Waals surface area contributed by atoms with E-state index in [1.165, 1.54) is 0 Å². The van der Waals surface area contributed by atoms with E-state index in [9.17, 15) is 18.0 Å². The topological polar surface area (TPSA) is 20.3 Å². The van der Waals surface area contributed by atoms with Gasteiger partial charge in [0, 0.05) is 13.1 Å². The zero-order valence-corrected chi connectivity index (χ0v) is 5.69. The maximum Gasteiger partial charge on any atom is 0.471 e. The van der Waals surface area contributed by atoms with Gasteiger partial charge in [-0.05, 0) is 12.8 Å². The average Bonchev–Trinajstić information content (AvgIpc) is 2.34. The molecular weight excluding hydrogens is 159 g/mol. The van der Waals surface area contributed by atoms with E-state index in [0.717, 1.165) is 4.90 Å². The van der Waals surface area contributed by atoms with Crippen LogP contribution in [0.25, 0.3) is 0 Å². The largest absolute Gasteiger partial charge is 0.471 e. The maximum absolute atomic E-state index is 11.7. The van der Waals surface area contributed by atoms with Crippen LogP contribution >= 0.6 is 0 Å². The van der Waals surface area contributed by atoms with Crippen molar-refractivity contribution >= 4 is 5.91 Å². The van der Waals surface area contributed by atoms with Crippen LogP contribution in [0.2, 0.25) is 0 Å². The lowest BCUT2D eigenvalue weighted by molar-refractivity contribution is -0.184. The molecule has 0 aliphatic carbocycles. The summed E-state index contributed by atoms with van der Waals surface area (Å²) in [6.45, 7) is 0.316. The van der Waals surface area contributed by atoms with E-state index in [1.54, 1.807) is 6.42 Å². The van der Waals surface area contributed by atoms with Gasteiger partial charge in [0.25, 0.3) is 0 Å². The van der Waals surface area contributed by atoms with E-state index in [4.69, 9.17) is 0 Å². The summed E-state index contributed by atoms with van der Waals surface area (Å²) in [5.74, 6) is -1.73. The second-order valence-electron chi connectivity index (χ2n) is 2.33. The monoisotopic (exact) mass is 166 g/mol. The molecule has 0 aromatic rings. The van der Waals surface area contributed by atoms with Crippen molar-refractivity contribution in [1.29, 1.82) is 0 Å². The fourth-order valence-corrected chi connectivity index (χ4v) is 0.949. The van der Waals surface area contributed by atoms with Crippen molar-refractivity contribution in [2.24, 2.45) is 0 Å². The van der Waals surface area contributed by atoms with Crippen molar-refractivity contribution in [3.63, 3.8) is 0 Å². The van der Waals surface area contributed by atoms with Gasteiger partial charge in [-0.25, -0.2) is 0 Å². The van der Waals surface area contributed by atoms with Gasteiger partial charge in [0.15, 0.2) is 0 Å². The molecule has 5 heteroatoms. The Labute approximate surface area is 62.0 Å². The van der Waals surface area contributed by atoms with Crippen molar-refractivity contribution in [2.45, 2.75) is 12.6 Å². The predicted octanol–water partition coefficient (Wildman–Crippen LogP) is 0.985. The lowest BCUT2D eigenvalue weighted by Crippen LogP contribution is -2.39. The zero-order valence-electron chi connectivity index (χ0n) is 5.69. The van der Waals surface area contributed by atoms with Gasteiger partial charge in [-0.1, -0.05) is 0 Å². The molecule has 63 valence electrons. The number of halogens is 3. The first-order chi connectivity index (χ1) is 5.02. The van der Waals surface area contributed by atoms with E-state index in [-0.39, 0.29) is 13.1 Å². The Morgan fingerprint density at radius 3 is 2.45 bits per heavy atom. The summed E-state index contributed by atoms with van der Waals surface area (Å²) in [7, 11) is 0. The maximum atomic E-state index is 11.7. The molecule has 11 heavy (non-hydrogen) atoms. The van der Waals surface area contributed by atoms with Gasteiger partial charge in [0.1, 0.15) is 0 Å². The Hall–Kier alpha value is -0.740. The van der Waals surface area contributed by atoms with Crippen LogP contribution in [0.3, 0.4) is 0 Å². The second kappa shape index (κ2) is 2.71. The molecule has 0 atom stereocenters. The SMILES string of the molecule is O=C(N1C[CH]CC1)C(F)(F)F. The van der Waals surface area contributed by atoms with Crippen molar-refractivity contribution in [3.8, 4) is 0 Å². The number of hydrogen-bond acceptors (Lipinski definition) is 1. The summed E-state index contributed by atoms with van der Waals surface area (Å²) < 4.78 is 35.1. The number of hydrogen-bond donors (Lipinski definition) is 0. The van der Waals surface area contributed by atoms with Crippen LogP contribution in [-0.4, -0.2) is 30.1 Å². The first kappa shape index (κ1) is 8.36. The Bertz CT molecular complexity index is 160. The molecule has 1 rings (SSSR count). The summed E-state index contributed by atoms with van der Waals surface area (Å²) >= 11 is 0. The van der Waals surface area contributed by atoms with Gasteiger partial charge in [-0.15, -0.1) is 0 Å². The minimum atomic E-state index is -4.71. The molecule has 2 nitrogen and oxygen atoms in total. The fourth-order valence-electron chi connectivity index (χ4n) is 0.949. The molecule has 0 bridgehead atoms. The lowest BCUT2D eigenvalue weighted by Gasteiger charge is -2.16. The first-order valence-corrected chi connectivity index (χ1v) is 3.19. The standard InChI is InChI=1S/C6H7F3NO/c7-6(8,9)5(11)10-3-1-2-4-10/h1H,2-4H2. The minimum absolute atomic E-state index is 0.123. The van der Waals surface area contributed by atoms with Crippen molar-refractivity contribution < 1.29 is 18.0 Å². The zero-order chi connectivity index (χ0) is 8.48. The van der Waals surface area contributed by atoms with Crippen LogP contribution in [0.5, 0.6) is 0 Å². The molecule has 0 aromatic heterocycles. The summed E-state index contributed by atoms with van der Waals surface area (Å²) in [6, 6.07) is 0. The normalized spacial score (nSPS) is 19.0. The van der Waals surface area contributed by atoms with Crippen molar-refractivity contribution in [2.75, 3.05) is 13.1 Å². The van der Waals surface area contributed by atoms with Gasteiger partial charge >= 0.3 is 12.1 Å². The predicted molar refractivity (Wildman–Crippen MR) is 31.6 cm³/mol. The third-order valence-corrected chi connectivity index (χ3v) is 1.48. The minimum Gasteiger partial charge on any atom is -0.335 e. The Morgan fingerprint density at radius 1 is 1.45 bits per heavy atom. The number of carbonyl (C=O) groups is 1. The molecule has 1 saturated heterocycles. The number of amides is 1. The molecule has 1 aliphatic heterocycles. The molecular formula is C6H7F3NO. The molecule has 1 amide bonds. The van der Waals surface area contributed by atoms with Crippen LogP contribution in [0, 0.1) is 6.42 Å². The van der Waals surface area contributed by atoms with E-state index in [0.29, 0.717) is 6.42 Å². The van der Waals surface area contributed by atoms with E-state index in [1.807, 2.05) is 0 Å². The average molecular weight is 166 g/mol. The molecule has 0 aromatic carbocycles. The highest BCUT2D eigenvalue weighted by atomic mass is 19.4. The Morgan fingerprint density at radius 2 is 2.09 bits per heavy atom. The van der Waals surface area contributed by atoms with Gasteiger partial charge in [-0.3, -0.25) is 4.79 Å². The Balaban J connectivity index is 2.53. The highest BCUT2D eigenvalue weighted by Gasteiger charge is 2.42. The van der Waals surface area contributed by atoms with Crippen LogP contribution in [0.15, 0.2) is 0 Å². The highest BCUT2D eigenvalue weighted by Crippen LogP contribution is 2.20. The van der Waals surface area contributed by atoms with Crippen molar-refractivity contribution in [3.05, 3.63) is 6.42 Å². The Kier molecular flexibility index (Phi) is 2.06. The molecule has 0 unspecified atom stereocenters. The number of rotatable bonds is 0. The van der Waals surface area contributed by atoms with Crippen LogP contribution in [0.1, 0.15) is 6.42 Å². The molecule has 1 heterocycles. The molecule has 0 spiro atoms. The fraction of sp³-hybridized carbons (Fsp3) is 0.667. The molecule has 1 aliphatic rings. The molecule has 0 saturated carbocycles. The molecule has 1 radical (unpaired) electrons. The number of carbonyl (C=O) groups excluding carboxylic acids is 1. The molecule has 0 N–H and O–H groups in total. The van der Waals surface area contributed by atoms with E-state index >= 15 is 0 Å². The lowest BCUT2D eigenvalue weighted by atomic mass is 10.4. The molecule has 1 fully saturated rings. The second-order valence-corrected chi connectivity index (χ2v) is 2.33. The number of alkyl halides is 3. The first-order valence-electron chi connectivity index (χ1n) is 3.19. The number of likely N-dealkylation sites (tertiary alicyclic amines) is 1.